The molecule has 121 valence electrons. The second-order valence-corrected chi connectivity index (χ2v) is 4.54. The highest BCUT2D eigenvalue weighted by atomic mass is 19.2. The lowest BCUT2D eigenvalue weighted by Crippen LogP contribution is -2.07. The molecule has 0 amide bonds. The summed E-state index contributed by atoms with van der Waals surface area (Å²) in [4.78, 5) is 4.61. The second-order valence-electron chi connectivity index (χ2n) is 4.54. The van der Waals surface area contributed by atoms with Crippen molar-refractivity contribution in [1.29, 1.82) is 0 Å². The summed E-state index contributed by atoms with van der Waals surface area (Å²) in [5.74, 6) is -10.1. The molecule has 0 aliphatic carbocycles. The minimum absolute atomic E-state index is 0.604. The fraction of sp³-hybridized carbons (Fsp3) is 0.188. The van der Waals surface area contributed by atoms with Gasteiger partial charge in [0, 0.05) is 5.56 Å². The molecule has 0 aliphatic rings. The van der Waals surface area contributed by atoms with Crippen LogP contribution in [0, 0.1) is 29.1 Å². The van der Waals surface area contributed by atoms with Crippen molar-refractivity contribution in [3.63, 3.8) is 0 Å². The Kier molecular flexibility index (Phi) is 5.31. The van der Waals surface area contributed by atoms with E-state index < -0.39 is 41.3 Å². The topological polar surface area (TPSA) is 21.6 Å². The number of hydrogen-bond acceptors (Lipinski definition) is 2. The number of halogens is 5. The Morgan fingerprint density at radius 1 is 0.913 bits per heavy atom. The number of hydrogen-bond donors (Lipinski definition) is 0. The lowest BCUT2D eigenvalue weighted by Gasteiger charge is -2.07. The van der Waals surface area contributed by atoms with E-state index in [4.69, 9.17) is 0 Å². The molecule has 2 rings (SSSR count). The van der Waals surface area contributed by atoms with Gasteiger partial charge in [0.15, 0.2) is 23.3 Å². The van der Waals surface area contributed by atoms with Crippen molar-refractivity contribution in [2.24, 2.45) is 5.16 Å². The van der Waals surface area contributed by atoms with Gasteiger partial charge in [-0.05, 0) is 12.0 Å². The average molecular weight is 328 g/mol. The van der Waals surface area contributed by atoms with Gasteiger partial charge in [0.1, 0.15) is 12.8 Å². The van der Waals surface area contributed by atoms with E-state index in [9.17, 15) is 22.0 Å². The smallest absolute Gasteiger partial charge is 0.200 e. The molecule has 0 heterocycles. The molecule has 0 saturated carbocycles. The largest absolute Gasteiger partial charge is 0.390 e. The summed E-state index contributed by atoms with van der Waals surface area (Å²) in [5, 5.41) is 3.39. The molecule has 0 atom stereocenters. The van der Waals surface area contributed by atoms with Gasteiger partial charge in [-0.2, -0.15) is 0 Å². The minimum atomic E-state index is -2.21. The molecule has 0 N–H and O–H groups in total. The van der Waals surface area contributed by atoms with Crippen LogP contribution in [0.5, 0.6) is 0 Å². The highest BCUT2D eigenvalue weighted by Crippen LogP contribution is 2.23. The zero-order valence-electron chi connectivity index (χ0n) is 12.0. The van der Waals surface area contributed by atoms with Crippen LogP contribution < -0.4 is 0 Å². The molecule has 7 heteroatoms. The van der Waals surface area contributed by atoms with E-state index in [1.54, 1.807) is 12.1 Å². The fourth-order valence-corrected chi connectivity index (χ4v) is 1.89. The normalized spacial score (nSPS) is 11.2. The molecule has 0 aromatic heterocycles. The van der Waals surface area contributed by atoms with Crippen molar-refractivity contribution in [2.45, 2.75) is 20.0 Å². The molecular weight excluding hydrogens is 317 g/mol. The minimum Gasteiger partial charge on any atom is -0.390 e. The number of benzene rings is 2. The van der Waals surface area contributed by atoms with Crippen molar-refractivity contribution >= 4 is 6.21 Å². The van der Waals surface area contributed by atoms with Gasteiger partial charge in [-0.15, -0.1) is 0 Å². The Morgan fingerprint density at radius 3 is 2.09 bits per heavy atom. The molecule has 0 spiro atoms. The molecule has 0 bridgehead atoms. The molecule has 0 unspecified atom stereocenters. The Morgan fingerprint density at radius 2 is 1.48 bits per heavy atom. The Balaban J connectivity index is 2.15. The molecule has 0 saturated heterocycles. The lowest BCUT2D eigenvalue weighted by atomic mass is 10.1. The summed E-state index contributed by atoms with van der Waals surface area (Å²) in [7, 11) is 0. The van der Waals surface area contributed by atoms with E-state index in [-0.39, 0.29) is 0 Å². The monoisotopic (exact) mass is 328 g/mol. The number of nitrogens with zero attached hydrogens (tertiary/aromatic N) is 1. The summed E-state index contributed by atoms with van der Waals surface area (Å²) in [6.07, 6.45) is 3.21. The van der Waals surface area contributed by atoms with Gasteiger partial charge in [0.25, 0.3) is 0 Å². The summed E-state index contributed by atoms with van der Waals surface area (Å²) in [6, 6.07) is 7.09. The van der Waals surface area contributed by atoms with E-state index in [0.29, 0.717) is 12.0 Å². The van der Waals surface area contributed by atoms with Crippen molar-refractivity contribution < 1.29 is 26.8 Å². The SMILES string of the molecule is CCc1ccccc1/[C]=N\OCc1c(F)c(F)c(F)c(F)c1F. The van der Waals surface area contributed by atoms with Gasteiger partial charge in [-0.3, -0.25) is 0 Å². The fourth-order valence-electron chi connectivity index (χ4n) is 1.89. The summed E-state index contributed by atoms with van der Waals surface area (Å²) < 4.78 is 65.7. The second kappa shape index (κ2) is 7.21. The predicted molar refractivity (Wildman–Crippen MR) is 73.4 cm³/mol. The van der Waals surface area contributed by atoms with Gasteiger partial charge in [-0.25, -0.2) is 22.0 Å². The Labute approximate surface area is 129 Å². The average Bonchev–Trinajstić information content (AvgIpc) is 2.58. The molecule has 0 fully saturated rings. The maximum atomic E-state index is 13.4. The summed E-state index contributed by atoms with van der Waals surface area (Å²) >= 11 is 0. The van der Waals surface area contributed by atoms with Gasteiger partial charge in [0.05, 0.1) is 5.56 Å². The zero-order valence-corrected chi connectivity index (χ0v) is 12.0. The van der Waals surface area contributed by atoms with Crippen molar-refractivity contribution in [3.05, 3.63) is 70.0 Å². The van der Waals surface area contributed by atoms with Crippen LogP contribution in [-0.2, 0) is 17.9 Å². The molecule has 2 aromatic carbocycles. The van der Waals surface area contributed by atoms with Gasteiger partial charge >= 0.3 is 0 Å². The first-order valence-corrected chi connectivity index (χ1v) is 6.63. The highest BCUT2D eigenvalue weighted by molar-refractivity contribution is 5.81. The molecule has 23 heavy (non-hydrogen) atoms. The molecule has 2 nitrogen and oxygen atoms in total. The van der Waals surface area contributed by atoms with E-state index >= 15 is 0 Å². The lowest BCUT2D eigenvalue weighted by molar-refractivity contribution is 0.124. The van der Waals surface area contributed by atoms with Crippen LogP contribution in [0.15, 0.2) is 29.4 Å². The maximum absolute atomic E-state index is 13.4. The maximum Gasteiger partial charge on any atom is 0.200 e. The summed E-state index contributed by atoms with van der Waals surface area (Å²) in [5.41, 5.74) is 0.430. The van der Waals surface area contributed by atoms with E-state index in [1.165, 1.54) is 0 Å². The van der Waals surface area contributed by atoms with Crippen molar-refractivity contribution in [3.8, 4) is 0 Å². The molecular formula is C16H11F5NO. The first-order chi connectivity index (χ1) is 11.0. The standard InChI is InChI=1S/C16H11F5NO/c1-2-9-5-3-4-6-10(9)7-22-23-8-11-12(17)14(19)16(21)15(20)13(11)18/h3-6H,2,8H2,1H3. The highest BCUT2D eigenvalue weighted by Gasteiger charge is 2.25. The molecule has 1 radical (unpaired) electrons. The first-order valence-electron chi connectivity index (χ1n) is 6.63. The van der Waals surface area contributed by atoms with Crippen LogP contribution in [-0.4, -0.2) is 6.21 Å². The van der Waals surface area contributed by atoms with Crippen LogP contribution in [0.1, 0.15) is 23.6 Å². The Bertz CT molecular complexity index is 716. The van der Waals surface area contributed by atoms with E-state index in [2.05, 4.69) is 16.2 Å². The van der Waals surface area contributed by atoms with Crippen LogP contribution in [0.25, 0.3) is 0 Å². The quantitative estimate of drug-likeness (QED) is 0.263. The molecule has 2 aromatic rings. The van der Waals surface area contributed by atoms with Crippen molar-refractivity contribution in [1.82, 2.24) is 0 Å². The first kappa shape index (κ1) is 16.9. The van der Waals surface area contributed by atoms with Gasteiger partial charge < -0.3 is 4.84 Å². The van der Waals surface area contributed by atoms with Crippen LogP contribution in [0.3, 0.4) is 0 Å². The number of rotatable bonds is 5. The third kappa shape index (κ3) is 3.49. The van der Waals surface area contributed by atoms with Crippen LogP contribution >= 0.6 is 0 Å². The third-order valence-electron chi connectivity index (χ3n) is 3.14. The number of aryl methyl sites for hydroxylation is 1. The summed E-state index contributed by atoms with van der Waals surface area (Å²) in [6.45, 7) is 1.00. The van der Waals surface area contributed by atoms with Crippen LogP contribution in [0.2, 0.25) is 0 Å². The zero-order chi connectivity index (χ0) is 17.0. The molecule has 0 aliphatic heterocycles. The van der Waals surface area contributed by atoms with Gasteiger partial charge in [-0.1, -0.05) is 36.3 Å². The van der Waals surface area contributed by atoms with Crippen molar-refractivity contribution in [2.75, 3.05) is 0 Å². The predicted octanol–water partition coefficient (Wildman–Crippen LogP) is 4.37. The van der Waals surface area contributed by atoms with E-state index in [1.807, 2.05) is 19.1 Å². The van der Waals surface area contributed by atoms with Gasteiger partial charge in [0.2, 0.25) is 5.82 Å². The van der Waals surface area contributed by atoms with E-state index in [0.717, 1.165) is 5.56 Å². The Hall–Kier alpha value is -2.44. The van der Waals surface area contributed by atoms with Crippen LogP contribution in [0.4, 0.5) is 22.0 Å². The third-order valence-corrected chi connectivity index (χ3v) is 3.14.